The molecule has 0 saturated heterocycles. The molecule has 0 aliphatic rings. The Kier molecular flexibility index (Phi) is 3.85. The molecule has 0 aliphatic heterocycles. The summed E-state index contributed by atoms with van der Waals surface area (Å²) in [6.45, 7) is 0. The van der Waals surface area contributed by atoms with Crippen LogP contribution in [0, 0.1) is 11.6 Å². The second-order valence-corrected chi connectivity index (χ2v) is 5.63. The third-order valence-corrected chi connectivity index (χ3v) is 3.73. The van der Waals surface area contributed by atoms with Gasteiger partial charge in [0.05, 0.1) is 10.5 Å². The van der Waals surface area contributed by atoms with Gasteiger partial charge in [-0.15, -0.1) is 0 Å². The number of halogens is 2. The van der Waals surface area contributed by atoms with Crippen molar-refractivity contribution in [2.45, 2.75) is 4.90 Å². The number of carboxylic acid groups (broad SMARTS) is 1. The van der Waals surface area contributed by atoms with E-state index in [0.717, 1.165) is 12.3 Å². The van der Waals surface area contributed by atoms with Gasteiger partial charge in [0.15, 0.2) is 0 Å². The van der Waals surface area contributed by atoms with Gasteiger partial charge in [0, 0.05) is 12.3 Å². The van der Waals surface area contributed by atoms with E-state index in [1.54, 1.807) is 0 Å². The van der Waals surface area contributed by atoms with Crippen molar-refractivity contribution in [2.75, 3.05) is 4.72 Å². The second-order valence-electron chi connectivity index (χ2n) is 3.95. The molecule has 2 rings (SSSR count). The summed E-state index contributed by atoms with van der Waals surface area (Å²) in [7, 11) is -4.29. The smallest absolute Gasteiger partial charge is 0.335 e. The number of nitrogens with one attached hydrogen (secondary N) is 1. The zero-order valence-electron chi connectivity index (χ0n) is 10.2. The van der Waals surface area contributed by atoms with Gasteiger partial charge in [-0.2, -0.15) is 0 Å². The minimum atomic E-state index is -4.29. The maximum atomic E-state index is 13.0. The van der Waals surface area contributed by atoms with Gasteiger partial charge in [-0.3, -0.25) is 4.72 Å². The Balaban J connectivity index is 2.37. The van der Waals surface area contributed by atoms with Gasteiger partial charge in [-0.1, -0.05) is 0 Å². The monoisotopic (exact) mass is 314 g/mol. The average Bonchev–Trinajstić information content (AvgIpc) is 2.37. The van der Waals surface area contributed by atoms with Crippen LogP contribution in [-0.2, 0) is 10.0 Å². The van der Waals surface area contributed by atoms with Gasteiger partial charge in [0.1, 0.15) is 17.5 Å². The van der Waals surface area contributed by atoms with Gasteiger partial charge in [-0.25, -0.2) is 27.0 Å². The van der Waals surface area contributed by atoms with Crippen LogP contribution >= 0.6 is 0 Å². The molecule has 1 heterocycles. The van der Waals surface area contributed by atoms with E-state index in [1.165, 1.54) is 6.07 Å². The summed E-state index contributed by atoms with van der Waals surface area (Å²) in [6.07, 6.45) is 1.09. The summed E-state index contributed by atoms with van der Waals surface area (Å²) >= 11 is 0. The molecule has 9 heteroatoms. The number of pyridine rings is 1. The number of sulfonamides is 1. The molecule has 0 atom stereocenters. The lowest BCUT2D eigenvalue weighted by Gasteiger charge is -2.08. The van der Waals surface area contributed by atoms with E-state index in [1.807, 2.05) is 4.72 Å². The Morgan fingerprint density at radius 1 is 1.14 bits per heavy atom. The van der Waals surface area contributed by atoms with E-state index in [2.05, 4.69) is 4.98 Å². The van der Waals surface area contributed by atoms with Crippen molar-refractivity contribution in [3.8, 4) is 0 Å². The van der Waals surface area contributed by atoms with Crippen molar-refractivity contribution in [3.63, 3.8) is 0 Å². The molecule has 1 aromatic heterocycles. The minimum absolute atomic E-state index is 0.187. The van der Waals surface area contributed by atoms with Crippen LogP contribution in [0.5, 0.6) is 0 Å². The standard InChI is InChI=1S/C12H8F2N2O4S/c13-8-4-9(14)6-10(5-8)21(19,20)16-11-3-7(12(17)18)1-2-15-11/h1-6H,(H,15,16)(H,17,18). The van der Waals surface area contributed by atoms with Crippen LogP contribution in [-0.4, -0.2) is 24.5 Å². The summed E-state index contributed by atoms with van der Waals surface area (Å²) in [5.74, 6) is -3.65. The van der Waals surface area contributed by atoms with E-state index in [-0.39, 0.29) is 11.4 Å². The Labute approximate surface area is 118 Å². The molecule has 110 valence electrons. The number of nitrogens with zero attached hydrogens (tertiary/aromatic N) is 1. The maximum Gasteiger partial charge on any atom is 0.335 e. The Morgan fingerprint density at radius 2 is 1.76 bits per heavy atom. The third kappa shape index (κ3) is 3.51. The lowest BCUT2D eigenvalue weighted by atomic mass is 10.3. The molecular weight excluding hydrogens is 306 g/mol. The van der Waals surface area contributed by atoms with Crippen LogP contribution in [0.15, 0.2) is 41.4 Å². The molecule has 0 saturated carbocycles. The molecule has 2 N–H and O–H groups in total. The zero-order chi connectivity index (χ0) is 15.6. The molecule has 0 bridgehead atoms. The maximum absolute atomic E-state index is 13.0. The van der Waals surface area contributed by atoms with Crippen molar-refractivity contribution in [2.24, 2.45) is 0 Å². The summed E-state index contributed by atoms with van der Waals surface area (Å²) < 4.78 is 51.9. The van der Waals surface area contributed by atoms with Crippen LogP contribution in [0.25, 0.3) is 0 Å². The first-order valence-corrected chi connectivity index (χ1v) is 6.94. The average molecular weight is 314 g/mol. The highest BCUT2D eigenvalue weighted by atomic mass is 32.2. The number of aromatic carboxylic acids is 1. The number of hydrogen-bond donors (Lipinski definition) is 2. The van der Waals surface area contributed by atoms with Crippen LogP contribution < -0.4 is 4.72 Å². The van der Waals surface area contributed by atoms with Crippen LogP contribution in [0.4, 0.5) is 14.6 Å². The molecule has 6 nitrogen and oxygen atoms in total. The fourth-order valence-corrected chi connectivity index (χ4v) is 2.54. The number of anilines is 1. The molecule has 0 spiro atoms. The summed E-state index contributed by atoms with van der Waals surface area (Å²) in [4.78, 5) is 13.8. The van der Waals surface area contributed by atoms with Crippen molar-refractivity contribution in [1.82, 2.24) is 4.98 Å². The highest BCUT2D eigenvalue weighted by Crippen LogP contribution is 2.17. The normalized spacial score (nSPS) is 11.1. The van der Waals surface area contributed by atoms with Crippen LogP contribution in [0.2, 0.25) is 0 Å². The van der Waals surface area contributed by atoms with E-state index in [0.29, 0.717) is 18.2 Å². The molecular formula is C12H8F2N2O4S. The van der Waals surface area contributed by atoms with Crippen molar-refractivity contribution < 1.29 is 27.1 Å². The number of hydrogen-bond acceptors (Lipinski definition) is 4. The SMILES string of the molecule is O=C(O)c1ccnc(NS(=O)(=O)c2cc(F)cc(F)c2)c1. The van der Waals surface area contributed by atoms with Gasteiger partial charge in [0.25, 0.3) is 10.0 Å². The molecule has 0 radical (unpaired) electrons. The first kappa shape index (κ1) is 14.9. The highest BCUT2D eigenvalue weighted by molar-refractivity contribution is 7.92. The number of benzene rings is 1. The topological polar surface area (TPSA) is 96.4 Å². The van der Waals surface area contributed by atoms with E-state index < -0.39 is 32.5 Å². The highest BCUT2D eigenvalue weighted by Gasteiger charge is 2.18. The number of carboxylic acids is 1. The minimum Gasteiger partial charge on any atom is -0.478 e. The van der Waals surface area contributed by atoms with Gasteiger partial charge >= 0.3 is 5.97 Å². The van der Waals surface area contributed by atoms with Crippen molar-refractivity contribution in [3.05, 3.63) is 53.7 Å². The van der Waals surface area contributed by atoms with Crippen LogP contribution in [0.1, 0.15) is 10.4 Å². The summed E-state index contributed by atoms with van der Waals surface area (Å²) in [5, 5.41) is 8.79. The Hall–Kier alpha value is -2.55. The molecule has 0 fully saturated rings. The third-order valence-electron chi connectivity index (χ3n) is 2.39. The predicted octanol–water partition coefficient (Wildman–Crippen LogP) is 1.86. The van der Waals surface area contributed by atoms with Gasteiger partial charge in [-0.05, 0) is 24.3 Å². The molecule has 1 aromatic carbocycles. The first-order valence-electron chi connectivity index (χ1n) is 5.46. The van der Waals surface area contributed by atoms with E-state index in [9.17, 15) is 22.0 Å². The molecule has 0 unspecified atom stereocenters. The van der Waals surface area contributed by atoms with Crippen molar-refractivity contribution in [1.29, 1.82) is 0 Å². The van der Waals surface area contributed by atoms with E-state index >= 15 is 0 Å². The van der Waals surface area contributed by atoms with E-state index in [4.69, 9.17) is 5.11 Å². The predicted molar refractivity (Wildman–Crippen MR) is 68.4 cm³/mol. The molecule has 21 heavy (non-hydrogen) atoms. The molecule has 2 aromatic rings. The summed E-state index contributed by atoms with van der Waals surface area (Å²) in [5.41, 5.74) is -0.187. The summed E-state index contributed by atoms with van der Waals surface area (Å²) in [6, 6.07) is 3.94. The molecule has 0 aliphatic carbocycles. The fourth-order valence-electron chi connectivity index (χ4n) is 1.50. The van der Waals surface area contributed by atoms with Crippen LogP contribution in [0.3, 0.4) is 0 Å². The Bertz CT molecular complexity index is 788. The number of aromatic nitrogens is 1. The lowest BCUT2D eigenvalue weighted by Crippen LogP contribution is -2.15. The molecule has 0 amide bonds. The fraction of sp³-hybridized carbons (Fsp3) is 0. The zero-order valence-corrected chi connectivity index (χ0v) is 11.1. The Morgan fingerprint density at radius 3 is 2.33 bits per heavy atom. The first-order chi connectivity index (χ1) is 9.78. The quantitative estimate of drug-likeness (QED) is 0.898. The second kappa shape index (κ2) is 5.44. The van der Waals surface area contributed by atoms with Gasteiger partial charge in [0.2, 0.25) is 0 Å². The largest absolute Gasteiger partial charge is 0.478 e. The van der Waals surface area contributed by atoms with Crippen molar-refractivity contribution >= 4 is 21.8 Å². The van der Waals surface area contributed by atoms with Gasteiger partial charge < -0.3 is 5.11 Å². The number of rotatable bonds is 4. The number of carbonyl (C=O) groups is 1. The lowest BCUT2D eigenvalue weighted by molar-refractivity contribution is 0.0696.